The van der Waals surface area contributed by atoms with Crippen molar-refractivity contribution in [3.63, 3.8) is 0 Å². The molecule has 5 heteroatoms. The number of hydrogen-bond acceptors (Lipinski definition) is 3. The fourth-order valence-corrected chi connectivity index (χ4v) is 9.83. The Hall–Kier alpha value is -0.496. The third-order valence-corrected chi connectivity index (χ3v) is 20.5. The number of carbonyl (C=O) groups is 1. The van der Waals surface area contributed by atoms with Gasteiger partial charge in [0.2, 0.25) is 0 Å². The van der Waals surface area contributed by atoms with Gasteiger partial charge in [-0.2, -0.15) is 0 Å². The number of fused-ring (bicyclic) bond motifs is 1. The van der Waals surface area contributed by atoms with E-state index >= 15 is 0 Å². The first kappa shape index (κ1) is 32.0. The van der Waals surface area contributed by atoms with Crippen molar-refractivity contribution in [2.24, 2.45) is 23.2 Å². The first-order chi connectivity index (χ1) is 17.3. The molecule has 0 radical (unpaired) electrons. The van der Waals surface area contributed by atoms with Gasteiger partial charge in [0.15, 0.2) is 16.6 Å². The molecule has 0 aliphatic heterocycles. The number of hydrogen-bond donors (Lipinski definition) is 0. The molecule has 3 aliphatic rings. The second kappa shape index (κ2) is 11.4. The van der Waals surface area contributed by atoms with Crippen LogP contribution in [0.15, 0.2) is 23.3 Å². The Morgan fingerprint density at radius 2 is 1.42 bits per heavy atom. The number of aldehydes is 1. The van der Waals surface area contributed by atoms with E-state index in [-0.39, 0.29) is 33.6 Å². The molecule has 3 aliphatic carbocycles. The van der Waals surface area contributed by atoms with Crippen LogP contribution in [0.2, 0.25) is 36.3 Å². The molecule has 38 heavy (non-hydrogen) atoms. The Kier molecular flexibility index (Phi) is 9.62. The Morgan fingerprint density at radius 1 is 0.895 bits per heavy atom. The monoisotopic (exact) mass is 560 g/mol. The van der Waals surface area contributed by atoms with E-state index in [0.717, 1.165) is 19.3 Å². The molecule has 2 unspecified atom stereocenters. The van der Waals surface area contributed by atoms with Crippen molar-refractivity contribution in [1.29, 1.82) is 0 Å². The lowest BCUT2D eigenvalue weighted by Crippen LogP contribution is -2.48. The molecule has 3 rings (SSSR count). The van der Waals surface area contributed by atoms with Crippen LogP contribution < -0.4 is 0 Å². The molecule has 3 saturated carbocycles. The van der Waals surface area contributed by atoms with Crippen LogP contribution in [0, 0.1) is 23.2 Å². The van der Waals surface area contributed by atoms with Gasteiger partial charge >= 0.3 is 0 Å². The smallest absolute Gasteiger partial charge is 0.192 e. The standard InChI is InChI=1S/C33H60O3Si2/c1-24(23-34)29-17-18-30-26(14-13-19-33(29,30)8)16-15-25-20-27(35-37(9,10)31(2,3)4)22-28(21-25)36-38(11,12)32(5,6)7/h15-16,23-24,27-30H,13-14,17-22H2,1-12H3/b25-15?,26-16+/t24-,27?,28?,29-,30+,33-/m1/s1. The number of allylic oxidation sites excluding steroid dienone is 3. The van der Waals surface area contributed by atoms with E-state index in [4.69, 9.17) is 8.85 Å². The second-order valence-corrected chi connectivity index (χ2v) is 25.8. The molecule has 0 saturated heterocycles. The molecule has 3 fully saturated rings. The maximum Gasteiger partial charge on any atom is 0.192 e. The Balaban J connectivity index is 1.87. The fourth-order valence-electron chi connectivity index (χ4n) is 7.09. The number of rotatable bonds is 7. The van der Waals surface area contributed by atoms with Gasteiger partial charge in [0.05, 0.1) is 12.2 Å². The highest BCUT2D eigenvalue weighted by Crippen LogP contribution is 2.59. The lowest BCUT2D eigenvalue weighted by molar-refractivity contribution is -0.113. The van der Waals surface area contributed by atoms with Crippen LogP contribution in [0.25, 0.3) is 0 Å². The molecular formula is C33H60O3Si2. The third kappa shape index (κ3) is 6.86. The zero-order valence-corrected chi connectivity index (χ0v) is 29.0. The molecule has 0 N–H and O–H groups in total. The van der Waals surface area contributed by atoms with Crippen molar-refractivity contribution in [3.05, 3.63) is 23.3 Å². The summed E-state index contributed by atoms with van der Waals surface area (Å²) in [6.07, 6.45) is 15.9. The van der Waals surface area contributed by atoms with Gasteiger partial charge in [0.25, 0.3) is 0 Å². The largest absolute Gasteiger partial charge is 0.414 e. The minimum atomic E-state index is -1.87. The van der Waals surface area contributed by atoms with Gasteiger partial charge in [-0.15, -0.1) is 0 Å². The average molecular weight is 561 g/mol. The van der Waals surface area contributed by atoms with Crippen LogP contribution in [0.1, 0.15) is 107 Å². The summed E-state index contributed by atoms with van der Waals surface area (Å²) in [5.41, 5.74) is 3.40. The van der Waals surface area contributed by atoms with Gasteiger partial charge in [0.1, 0.15) is 6.29 Å². The van der Waals surface area contributed by atoms with Crippen LogP contribution in [0.3, 0.4) is 0 Å². The summed E-state index contributed by atoms with van der Waals surface area (Å²) >= 11 is 0. The zero-order valence-electron chi connectivity index (χ0n) is 27.0. The maximum atomic E-state index is 11.7. The summed E-state index contributed by atoms with van der Waals surface area (Å²) in [5.74, 6) is 1.32. The fraction of sp³-hybridized carbons (Fsp3) is 0.848. The van der Waals surface area contributed by atoms with Gasteiger partial charge in [-0.25, -0.2) is 0 Å². The van der Waals surface area contributed by atoms with Crippen molar-refractivity contribution in [1.82, 2.24) is 0 Å². The van der Waals surface area contributed by atoms with Gasteiger partial charge in [0, 0.05) is 5.92 Å². The molecule has 3 nitrogen and oxygen atoms in total. The highest BCUT2D eigenvalue weighted by molar-refractivity contribution is 6.74. The quantitative estimate of drug-likeness (QED) is 0.229. The molecule has 0 aromatic heterocycles. The summed E-state index contributed by atoms with van der Waals surface area (Å²) < 4.78 is 14.0. The normalized spacial score (nSPS) is 33.3. The third-order valence-electron chi connectivity index (χ3n) is 11.5. The Labute approximate surface area is 237 Å². The SMILES string of the molecule is C[C@H](C=O)[C@H]1CC[C@H]2/C(=C/C=C3CC(O[Si](C)(C)C(C)(C)C)CC(O[Si](C)(C)C(C)(C)C)C3)CCC[C@]12C. The average Bonchev–Trinajstić information content (AvgIpc) is 3.12. The summed E-state index contributed by atoms with van der Waals surface area (Å²) in [4.78, 5) is 11.7. The highest BCUT2D eigenvalue weighted by atomic mass is 28.4. The minimum absolute atomic E-state index is 0.169. The molecule has 0 amide bonds. The molecule has 0 heterocycles. The van der Waals surface area contributed by atoms with Crippen LogP contribution in [-0.2, 0) is 13.6 Å². The van der Waals surface area contributed by atoms with Crippen molar-refractivity contribution < 1.29 is 13.6 Å². The maximum absolute atomic E-state index is 11.7. The van der Waals surface area contributed by atoms with Crippen LogP contribution in [0.4, 0.5) is 0 Å². The molecule has 0 bridgehead atoms. The van der Waals surface area contributed by atoms with Crippen molar-refractivity contribution in [2.45, 2.75) is 155 Å². The zero-order chi connectivity index (χ0) is 28.7. The molecule has 0 spiro atoms. The predicted molar refractivity (Wildman–Crippen MR) is 168 cm³/mol. The van der Waals surface area contributed by atoms with Crippen molar-refractivity contribution in [3.8, 4) is 0 Å². The minimum Gasteiger partial charge on any atom is -0.414 e. The van der Waals surface area contributed by atoms with E-state index in [1.165, 1.54) is 44.0 Å². The molecule has 0 aromatic rings. The van der Waals surface area contributed by atoms with Gasteiger partial charge in [-0.3, -0.25) is 0 Å². The van der Waals surface area contributed by atoms with Crippen molar-refractivity contribution >= 4 is 22.9 Å². The van der Waals surface area contributed by atoms with Crippen molar-refractivity contribution in [2.75, 3.05) is 0 Å². The van der Waals surface area contributed by atoms with Gasteiger partial charge in [-0.1, -0.05) is 78.7 Å². The van der Waals surface area contributed by atoms with E-state index in [0.29, 0.717) is 11.8 Å². The lowest BCUT2D eigenvalue weighted by Gasteiger charge is -2.45. The van der Waals surface area contributed by atoms with Crippen LogP contribution in [-0.4, -0.2) is 35.1 Å². The van der Waals surface area contributed by atoms with Gasteiger partial charge < -0.3 is 13.6 Å². The highest BCUT2D eigenvalue weighted by Gasteiger charge is 2.50. The number of carbonyl (C=O) groups excluding carboxylic acids is 1. The Morgan fingerprint density at radius 3 is 1.89 bits per heavy atom. The first-order valence-electron chi connectivity index (χ1n) is 15.5. The van der Waals surface area contributed by atoms with Gasteiger partial charge in [-0.05, 0) is 105 Å². The topological polar surface area (TPSA) is 35.5 Å². The van der Waals surface area contributed by atoms with E-state index in [2.05, 4.69) is 93.7 Å². The molecular weight excluding hydrogens is 501 g/mol. The summed E-state index contributed by atoms with van der Waals surface area (Å²) in [6.45, 7) is 28.2. The summed E-state index contributed by atoms with van der Waals surface area (Å²) in [6, 6.07) is 0. The van der Waals surface area contributed by atoms with Crippen LogP contribution in [0.5, 0.6) is 0 Å². The van der Waals surface area contributed by atoms with E-state index in [9.17, 15) is 4.79 Å². The summed E-state index contributed by atoms with van der Waals surface area (Å²) in [7, 11) is -3.73. The van der Waals surface area contributed by atoms with E-state index in [1.54, 1.807) is 5.57 Å². The van der Waals surface area contributed by atoms with E-state index in [1.807, 2.05) is 0 Å². The summed E-state index contributed by atoms with van der Waals surface area (Å²) in [5, 5.41) is 0.409. The first-order valence-corrected chi connectivity index (χ1v) is 21.3. The van der Waals surface area contributed by atoms with Crippen LogP contribution >= 0.6 is 0 Å². The lowest BCUT2D eigenvalue weighted by atomic mass is 9.61. The molecule has 0 aromatic carbocycles. The second-order valence-electron chi connectivity index (χ2n) is 16.3. The molecule has 218 valence electrons. The van der Waals surface area contributed by atoms with E-state index < -0.39 is 16.6 Å². The molecule has 6 atom stereocenters. The Bertz CT molecular complexity index is 866. The predicted octanol–water partition coefficient (Wildman–Crippen LogP) is 9.86.